The lowest BCUT2D eigenvalue weighted by molar-refractivity contribution is 0.0951. The maximum Gasteiger partial charge on any atom is 0.271 e. The van der Waals surface area contributed by atoms with Crippen molar-refractivity contribution in [2.45, 2.75) is 26.2 Å². The van der Waals surface area contributed by atoms with Crippen LogP contribution in [0, 0.1) is 6.92 Å². The molecular formula is C21H21N5O2S. The zero-order valence-corrected chi connectivity index (χ0v) is 16.8. The first-order valence-corrected chi connectivity index (χ1v) is 10.2. The molecule has 0 fully saturated rings. The van der Waals surface area contributed by atoms with Gasteiger partial charge in [-0.1, -0.05) is 30.3 Å². The van der Waals surface area contributed by atoms with Crippen LogP contribution in [0.3, 0.4) is 0 Å². The van der Waals surface area contributed by atoms with E-state index in [0.29, 0.717) is 11.5 Å². The van der Waals surface area contributed by atoms with Crippen LogP contribution in [0.1, 0.15) is 38.5 Å². The minimum absolute atomic E-state index is 0.0612. The third kappa shape index (κ3) is 4.27. The number of aromatic amines is 1. The summed E-state index contributed by atoms with van der Waals surface area (Å²) in [5.41, 5.74) is 3.05. The quantitative estimate of drug-likeness (QED) is 0.461. The van der Waals surface area contributed by atoms with Crippen LogP contribution in [0.15, 0.2) is 53.7 Å². The number of thiazole rings is 1. The van der Waals surface area contributed by atoms with Gasteiger partial charge in [0.05, 0.1) is 6.20 Å². The number of fused-ring (bicyclic) bond motifs is 1. The third-order valence-electron chi connectivity index (χ3n) is 4.76. The normalized spacial score (nSPS) is 11.1. The number of nitrogens with one attached hydrogen (secondary N) is 2. The minimum atomic E-state index is -0.392. The standard InChI is InChI=1S/C21H21N5O2S/c1-14-16(11-24-25-14)8-5-9-22-19(27)18-12-23-21-26(20(18)28)13-17(29-21)10-15-6-3-2-4-7-15/h2-4,6-7,11-13H,5,8-10H2,1H3,(H,22,27)(H,24,25). The Hall–Kier alpha value is -3.26. The van der Waals surface area contributed by atoms with Gasteiger partial charge < -0.3 is 5.32 Å². The van der Waals surface area contributed by atoms with Crippen molar-refractivity contribution >= 4 is 22.2 Å². The van der Waals surface area contributed by atoms with E-state index < -0.39 is 5.91 Å². The van der Waals surface area contributed by atoms with Crippen molar-refractivity contribution in [2.24, 2.45) is 0 Å². The van der Waals surface area contributed by atoms with E-state index in [9.17, 15) is 9.59 Å². The Morgan fingerprint density at radius 2 is 2.07 bits per heavy atom. The Balaban J connectivity index is 1.43. The van der Waals surface area contributed by atoms with Crippen LogP contribution in [0.5, 0.6) is 0 Å². The molecule has 0 atom stereocenters. The first kappa shape index (κ1) is 19.1. The van der Waals surface area contributed by atoms with Crippen molar-refractivity contribution in [3.8, 4) is 0 Å². The second kappa shape index (κ2) is 8.40. The highest BCUT2D eigenvalue weighted by Crippen LogP contribution is 2.18. The molecule has 0 bridgehead atoms. The van der Waals surface area contributed by atoms with Crippen LogP contribution in [-0.2, 0) is 12.8 Å². The zero-order chi connectivity index (χ0) is 20.2. The van der Waals surface area contributed by atoms with Gasteiger partial charge in [0.1, 0.15) is 5.56 Å². The number of nitrogens with zero attached hydrogens (tertiary/aromatic N) is 3. The monoisotopic (exact) mass is 407 g/mol. The number of aromatic nitrogens is 4. The molecule has 3 heterocycles. The number of carbonyl (C=O) groups is 1. The molecule has 7 nitrogen and oxygen atoms in total. The number of amides is 1. The van der Waals surface area contributed by atoms with Crippen LogP contribution >= 0.6 is 11.3 Å². The topological polar surface area (TPSA) is 92.2 Å². The fraction of sp³-hybridized carbons (Fsp3) is 0.238. The average molecular weight is 407 g/mol. The van der Waals surface area contributed by atoms with Gasteiger partial charge in [-0.15, -0.1) is 11.3 Å². The van der Waals surface area contributed by atoms with Gasteiger partial charge >= 0.3 is 0 Å². The smallest absolute Gasteiger partial charge is 0.271 e. The lowest BCUT2D eigenvalue weighted by Crippen LogP contribution is -2.31. The molecule has 4 rings (SSSR count). The number of rotatable bonds is 7. The fourth-order valence-electron chi connectivity index (χ4n) is 3.17. The maximum absolute atomic E-state index is 12.8. The molecule has 4 aromatic rings. The van der Waals surface area contributed by atoms with E-state index in [1.54, 1.807) is 12.4 Å². The largest absolute Gasteiger partial charge is 0.352 e. The van der Waals surface area contributed by atoms with E-state index in [1.165, 1.54) is 21.9 Å². The molecule has 2 N–H and O–H groups in total. The van der Waals surface area contributed by atoms with Gasteiger partial charge in [-0.3, -0.25) is 19.1 Å². The van der Waals surface area contributed by atoms with E-state index in [-0.39, 0.29) is 11.1 Å². The molecule has 0 radical (unpaired) electrons. The fourth-order valence-corrected chi connectivity index (χ4v) is 4.14. The van der Waals surface area contributed by atoms with Gasteiger partial charge in [-0.2, -0.15) is 5.10 Å². The summed E-state index contributed by atoms with van der Waals surface area (Å²) in [6.45, 7) is 2.45. The minimum Gasteiger partial charge on any atom is -0.352 e. The first-order valence-electron chi connectivity index (χ1n) is 9.43. The molecule has 0 aliphatic rings. The van der Waals surface area contributed by atoms with Crippen molar-refractivity contribution < 1.29 is 4.79 Å². The Labute approximate surface area is 171 Å². The van der Waals surface area contributed by atoms with Crippen LogP contribution in [0.25, 0.3) is 4.96 Å². The molecule has 0 unspecified atom stereocenters. The van der Waals surface area contributed by atoms with Crippen LogP contribution in [0.4, 0.5) is 0 Å². The van der Waals surface area contributed by atoms with Gasteiger partial charge in [-0.25, -0.2) is 4.98 Å². The van der Waals surface area contributed by atoms with Gasteiger partial charge in [-0.05, 0) is 30.9 Å². The van der Waals surface area contributed by atoms with E-state index in [0.717, 1.165) is 41.0 Å². The molecule has 1 amide bonds. The van der Waals surface area contributed by atoms with Crippen molar-refractivity contribution in [2.75, 3.05) is 6.54 Å². The molecule has 29 heavy (non-hydrogen) atoms. The molecule has 8 heteroatoms. The van der Waals surface area contributed by atoms with Gasteiger partial charge in [0.25, 0.3) is 11.5 Å². The summed E-state index contributed by atoms with van der Waals surface area (Å²) in [7, 11) is 0. The van der Waals surface area contributed by atoms with E-state index in [4.69, 9.17) is 0 Å². The van der Waals surface area contributed by atoms with Gasteiger partial charge in [0.2, 0.25) is 0 Å². The molecule has 1 aromatic carbocycles. The lowest BCUT2D eigenvalue weighted by Gasteiger charge is -2.04. The number of aryl methyl sites for hydroxylation is 2. The number of carbonyl (C=O) groups excluding carboxylic acids is 1. The predicted molar refractivity (Wildman–Crippen MR) is 113 cm³/mol. The summed E-state index contributed by atoms with van der Waals surface area (Å²) in [6.07, 6.45) is 7.25. The van der Waals surface area contributed by atoms with Crippen molar-refractivity contribution in [1.82, 2.24) is 24.9 Å². The highest BCUT2D eigenvalue weighted by atomic mass is 32.1. The summed E-state index contributed by atoms with van der Waals surface area (Å²) in [4.78, 5) is 31.1. The molecule has 0 aliphatic heterocycles. The summed E-state index contributed by atoms with van der Waals surface area (Å²) in [5.74, 6) is -0.392. The van der Waals surface area contributed by atoms with E-state index in [1.807, 2.05) is 37.3 Å². The van der Waals surface area contributed by atoms with Crippen molar-refractivity contribution in [3.63, 3.8) is 0 Å². The maximum atomic E-state index is 12.8. The second-order valence-corrected chi connectivity index (χ2v) is 7.96. The van der Waals surface area contributed by atoms with Gasteiger partial charge in [0.15, 0.2) is 4.96 Å². The van der Waals surface area contributed by atoms with Crippen LogP contribution in [0.2, 0.25) is 0 Å². The van der Waals surface area contributed by atoms with E-state index >= 15 is 0 Å². The Kier molecular flexibility index (Phi) is 5.53. The highest BCUT2D eigenvalue weighted by molar-refractivity contribution is 7.17. The molecule has 0 saturated heterocycles. The number of H-pyrrole nitrogens is 1. The summed E-state index contributed by atoms with van der Waals surface area (Å²) < 4.78 is 1.46. The van der Waals surface area contributed by atoms with E-state index in [2.05, 4.69) is 20.5 Å². The zero-order valence-electron chi connectivity index (χ0n) is 16.0. The van der Waals surface area contributed by atoms with Crippen LogP contribution < -0.4 is 10.9 Å². The Bertz CT molecular complexity index is 1190. The summed E-state index contributed by atoms with van der Waals surface area (Å²) >= 11 is 1.46. The van der Waals surface area contributed by atoms with Crippen molar-refractivity contribution in [1.29, 1.82) is 0 Å². The highest BCUT2D eigenvalue weighted by Gasteiger charge is 2.15. The molecule has 0 spiro atoms. The van der Waals surface area contributed by atoms with Crippen LogP contribution in [-0.4, -0.2) is 32.0 Å². The summed E-state index contributed by atoms with van der Waals surface area (Å²) in [5, 5.41) is 9.70. The second-order valence-electron chi connectivity index (χ2n) is 6.87. The third-order valence-corrected chi connectivity index (χ3v) is 5.76. The number of benzene rings is 1. The molecular weight excluding hydrogens is 386 g/mol. The molecule has 0 aliphatic carbocycles. The number of hydrogen-bond acceptors (Lipinski definition) is 5. The molecule has 0 saturated carbocycles. The first-order chi connectivity index (χ1) is 14.1. The molecule has 148 valence electrons. The average Bonchev–Trinajstić information content (AvgIpc) is 3.32. The molecule has 3 aromatic heterocycles. The Morgan fingerprint density at radius 3 is 2.83 bits per heavy atom. The Morgan fingerprint density at radius 1 is 1.24 bits per heavy atom. The SMILES string of the molecule is Cc1[nH]ncc1CCCNC(=O)c1cnc2sc(Cc3ccccc3)cn2c1=O. The lowest BCUT2D eigenvalue weighted by atomic mass is 10.1. The predicted octanol–water partition coefficient (Wildman–Crippen LogP) is 2.74. The van der Waals surface area contributed by atoms with Gasteiger partial charge in [0, 0.05) is 35.9 Å². The summed E-state index contributed by atoms with van der Waals surface area (Å²) in [6, 6.07) is 10.0. The van der Waals surface area contributed by atoms with Crippen molar-refractivity contribution in [3.05, 3.63) is 86.5 Å². The number of hydrogen-bond donors (Lipinski definition) is 2.